The Morgan fingerprint density at radius 2 is 1.59 bits per heavy atom. The van der Waals surface area contributed by atoms with Crippen LogP contribution in [0.15, 0.2) is 36.7 Å². The van der Waals surface area contributed by atoms with Crippen molar-refractivity contribution in [2.24, 2.45) is 0 Å². The number of hydrogen-bond donors (Lipinski definition) is 0. The van der Waals surface area contributed by atoms with Gasteiger partial charge in [-0.15, -0.1) is 11.8 Å². The summed E-state index contributed by atoms with van der Waals surface area (Å²) in [6.07, 6.45) is 0.457. The van der Waals surface area contributed by atoms with E-state index in [1.54, 1.807) is 19.5 Å². The summed E-state index contributed by atoms with van der Waals surface area (Å²) in [6, 6.07) is 7.55. The molecule has 2 heterocycles. The summed E-state index contributed by atoms with van der Waals surface area (Å²) >= 11 is 1.29. The smallest absolute Gasteiger partial charge is 0.303 e. The largest absolute Gasteiger partial charge is 0.497 e. The van der Waals surface area contributed by atoms with Crippen molar-refractivity contribution >= 4 is 29.7 Å². The number of methoxy groups -OCH3 is 1. The predicted octanol–water partition coefficient (Wildman–Crippen LogP) is 3.31. The quantitative estimate of drug-likeness (QED) is 0.424. The zero-order valence-electron chi connectivity index (χ0n) is 19.6. The molecule has 1 saturated heterocycles. The van der Waals surface area contributed by atoms with Gasteiger partial charge in [0, 0.05) is 38.3 Å². The first-order chi connectivity index (χ1) is 16.2. The van der Waals surface area contributed by atoms with Gasteiger partial charge in [-0.3, -0.25) is 19.4 Å². The predicted molar refractivity (Wildman–Crippen MR) is 124 cm³/mol. The number of nitrogens with zero attached hydrogens (tertiary/aromatic N) is 1. The number of aryl methyl sites for hydroxylation is 1. The minimum atomic E-state index is -1.02. The standard InChI is InChI=1S/C24H27NO8S/c1-13-8-18(29-5)6-7-20(13)17-9-19(11-25-10-17)33-24-23(32-16(4)28)22(31-15(3)27)21(12-34-24)30-14(2)26/h6-11,21-24H,12H2,1-5H3/t21-,22+,23-,24-/m1/s1. The van der Waals surface area contributed by atoms with Crippen LogP contribution in [-0.2, 0) is 28.6 Å². The topological polar surface area (TPSA) is 110 Å². The molecule has 182 valence electrons. The highest BCUT2D eigenvalue weighted by Gasteiger charge is 2.47. The summed E-state index contributed by atoms with van der Waals surface area (Å²) in [5.74, 6) is -0.234. The second-order valence-electron chi connectivity index (χ2n) is 7.71. The molecule has 10 heteroatoms. The van der Waals surface area contributed by atoms with Crippen molar-refractivity contribution in [1.29, 1.82) is 0 Å². The number of rotatable bonds is 7. The van der Waals surface area contributed by atoms with Gasteiger partial charge in [0.1, 0.15) is 11.5 Å². The number of thioether (sulfide) groups is 1. The van der Waals surface area contributed by atoms with E-state index in [4.69, 9.17) is 23.7 Å². The summed E-state index contributed by atoms with van der Waals surface area (Å²) in [5.41, 5.74) is 2.06. The van der Waals surface area contributed by atoms with Crippen LogP contribution in [0, 0.1) is 6.92 Å². The summed E-state index contributed by atoms with van der Waals surface area (Å²) in [4.78, 5) is 39.4. The van der Waals surface area contributed by atoms with E-state index in [0.717, 1.165) is 22.4 Å². The zero-order chi connectivity index (χ0) is 24.8. The van der Waals surface area contributed by atoms with Gasteiger partial charge in [-0.1, -0.05) is 6.07 Å². The third kappa shape index (κ3) is 6.40. The Morgan fingerprint density at radius 1 is 0.912 bits per heavy atom. The van der Waals surface area contributed by atoms with Gasteiger partial charge in [0.25, 0.3) is 0 Å². The number of ether oxygens (including phenoxy) is 5. The molecule has 0 radical (unpaired) electrons. The molecule has 0 saturated carbocycles. The average Bonchev–Trinajstić information content (AvgIpc) is 2.76. The maximum Gasteiger partial charge on any atom is 0.303 e. The summed E-state index contributed by atoms with van der Waals surface area (Å²) < 4.78 is 27.6. The van der Waals surface area contributed by atoms with Gasteiger partial charge in [0.05, 0.1) is 13.3 Å². The normalized spacial score (nSPS) is 21.8. The van der Waals surface area contributed by atoms with Crippen molar-refractivity contribution in [1.82, 2.24) is 4.98 Å². The minimum Gasteiger partial charge on any atom is -0.497 e. The molecule has 1 aromatic carbocycles. The van der Waals surface area contributed by atoms with Crippen LogP contribution in [0.5, 0.6) is 11.5 Å². The molecular formula is C24H27NO8S. The molecular weight excluding hydrogens is 462 g/mol. The molecule has 0 spiro atoms. The first-order valence-corrected chi connectivity index (χ1v) is 11.6. The molecule has 0 unspecified atom stereocenters. The third-order valence-corrected chi connectivity index (χ3v) is 6.23. The molecule has 1 aliphatic heterocycles. The third-order valence-electron chi connectivity index (χ3n) is 5.01. The Kier molecular flexibility index (Phi) is 8.38. The highest BCUT2D eigenvalue weighted by atomic mass is 32.2. The van der Waals surface area contributed by atoms with E-state index in [-0.39, 0.29) is 5.75 Å². The fourth-order valence-electron chi connectivity index (χ4n) is 3.66. The second kappa shape index (κ2) is 11.2. The van der Waals surface area contributed by atoms with Gasteiger partial charge >= 0.3 is 17.9 Å². The van der Waals surface area contributed by atoms with Crippen LogP contribution < -0.4 is 9.47 Å². The van der Waals surface area contributed by atoms with Gasteiger partial charge in [-0.2, -0.15) is 0 Å². The van der Waals surface area contributed by atoms with Crippen LogP contribution in [0.1, 0.15) is 26.3 Å². The molecule has 9 nitrogen and oxygen atoms in total. The van der Waals surface area contributed by atoms with E-state index >= 15 is 0 Å². The summed E-state index contributed by atoms with van der Waals surface area (Å²) in [7, 11) is 1.61. The van der Waals surface area contributed by atoms with Crippen LogP contribution in [0.2, 0.25) is 0 Å². The van der Waals surface area contributed by atoms with Crippen molar-refractivity contribution in [2.45, 2.75) is 51.4 Å². The molecule has 1 fully saturated rings. The Labute approximate surface area is 202 Å². The molecule has 0 N–H and O–H groups in total. The van der Waals surface area contributed by atoms with E-state index in [1.165, 1.54) is 32.5 Å². The number of hydrogen-bond acceptors (Lipinski definition) is 10. The fraction of sp³-hybridized carbons (Fsp3) is 0.417. The molecule has 2 aromatic rings. The molecule has 0 bridgehead atoms. The number of carbonyl (C=O) groups is 3. The monoisotopic (exact) mass is 489 g/mol. The molecule has 34 heavy (non-hydrogen) atoms. The first-order valence-electron chi connectivity index (χ1n) is 10.6. The zero-order valence-corrected chi connectivity index (χ0v) is 20.4. The molecule has 3 rings (SSSR count). The van der Waals surface area contributed by atoms with Crippen molar-refractivity contribution in [2.75, 3.05) is 12.9 Å². The van der Waals surface area contributed by atoms with Crippen molar-refractivity contribution in [3.8, 4) is 22.6 Å². The van der Waals surface area contributed by atoms with E-state index in [0.29, 0.717) is 5.75 Å². The second-order valence-corrected chi connectivity index (χ2v) is 8.84. The highest BCUT2D eigenvalue weighted by molar-refractivity contribution is 7.99. The Morgan fingerprint density at radius 3 is 2.21 bits per heavy atom. The number of aromatic nitrogens is 1. The minimum absolute atomic E-state index is 0.282. The van der Waals surface area contributed by atoms with Crippen molar-refractivity contribution in [3.05, 3.63) is 42.2 Å². The van der Waals surface area contributed by atoms with Gasteiger partial charge in [0.15, 0.2) is 23.7 Å². The fourth-order valence-corrected chi connectivity index (χ4v) is 4.88. The summed E-state index contributed by atoms with van der Waals surface area (Å²) in [6.45, 7) is 5.71. The SMILES string of the molecule is COc1ccc(-c2cncc(O[C@@H]3SC[C@@H](OC(C)=O)[C@H](OC(C)=O)[C@H]3OC(C)=O)c2)c(C)c1. The van der Waals surface area contributed by atoms with E-state index < -0.39 is 41.7 Å². The van der Waals surface area contributed by atoms with Crippen LogP contribution in [-0.4, -0.2) is 59.5 Å². The van der Waals surface area contributed by atoms with Gasteiger partial charge in [-0.25, -0.2) is 0 Å². The lowest BCUT2D eigenvalue weighted by molar-refractivity contribution is -0.186. The van der Waals surface area contributed by atoms with Crippen molar-refractivity contribution < 1.29 is 38.1 Å². The lowest BCUT2D eigenvalue weighted by atomic mass is 10.0. The molecule has 0 aliphatic carbocycles. The molecule has 4 atom stereocenters. The first kappa shape index (κ1) is 25.4. The number of benzene rings is 1. The number of carbonyl (C=O) groups excluding carboxylic acids is 3. The average molecular weight is 490 g/mol. The van der Waals surface area contributed by atoms with Gasteiger partial charge in [-0.05, 0) is 36.2 Å². The van der Waals surface area contributed by atoms with Gasteiger partial charge < -0.3 is 23.7 Å². The maximum atomic E-state index is 11.8. The van der Waals surface area contributed by atoms with Crippen LogP contribution in [0.25, 0.3) is 11.1 Å². The lowest BCUT2D eigenvalue weighted by Gasteiger charge is -2.39. The molecule has 0 amide bonds. The van der Waals surface area contributed by atoms with Crippen molar-refractivity contribution in [3.63, 3.8) is 0 Å². The van der Waals surface area contributed by atoms with Crippen LogP contribution >= 0.6 is 11.8 Å². The maximum absolute atomic E-state index is 11.8. The van der Waals surface area contributed by atoms with E-state index in [9.17, 15) is 14.4 Å². The van der Waals surface area contributed by atoms with Crippen LogP contribution in [0.4, 0.5) is 0 Å². The Balaban J connectivity index is 1.88. The molecule has 1 aliphatic rings. The number of pyridine rings is 1. The molecule has 1 aromatic heterocycles. The van der Waals surface area contributed by atoms with Crippen LogP contribution in [0.3, 0.4) is 0 Å². The van der Waals surface area contributed by atoms with E-state index in [1.807, 2.05) is 31.2 Å². The van der Waals surface area contributed by atoms with E-state index in [2.05, 4.69) is 4.98 Å². The van der Waals surface area contributed by atoms with Gasteiger partial charge in [0.2, 0.25) is 0 Å². The number of esters is 3. The Hall–Kier alpha value is -3.27. The Bertz CT molecular complexity index is 1060. The lowest BCUT2D eigenvalue weighted by Crippen LogP contribution is -2.55. The highest BCUT2D eigenvalue weighted by Crippen LogP contribution is 2.35. The summed E-state index contributed by atoms with van der Waals surface area (Å²) in [5, 5.41) is 0.